The topological polar surface area (TPSA) is 3.88 Å². The highest BCUT2D eigenvalue weighted by Gasteiger charge is 2.21. The molecule has 1 saturated carbocycles. The molecule has 1 heteroatoms. The van der Waals surface area contributed by atoms with Crippen LogP contribution in [0.2, 0.25) is 0 Å². The lowest BCUT2D eigenvalue weighted by atomic mass is 10.1. The second kappa shape index (κ2) is 4.59. The van der Waals surface area contributed by atoms with Gasteiger partial charge in [0.25, 0.3) is 0 Å². The van der Waals surface area contributed by atoms with Crippen LogP contribution < -0.4 is 4.57 Å². The second-order valence-corrected chi connectivity index (χ2v) is 4.39. The molecule has 14 heavy (non-hydrogen) atoms. The summed E-state index contributed by atoms with van der Waals surface area (Å²) < 4.78 is 2.46. The Balaban J connectivity index is 2.16. The van der Waals surface area contributed by atoms with E-state index >= 15 is 0 Å². The van der Waals surface area contributed by atoms with Crippen molar-refractivity contribution in [3.05, 3.63) is 30.1 Å². The lowest BCUT2D eigenvalue weighted by Gasteiger charge is -2.10. The number of hydrogen-bond acceptors (Lipinski definition) is 0. The molecular formula is C13H20N+. The fourth-order valence-electron chi connectivity index (χ4n) is 2.49. The first kappa shape index (κ1) is 9.70. The summed E-state index contributed by atoms with van der Waals surface area (Å²) in [5, 5.41) is 0. The molecule has 0 N–H and O–H groups in total. The number of aromatic nitrogens is 1. The zero-order valence-electron chi connectivity index (χ0n) is 9.08. The molecule has 0 amide bonds. The lowest BCUT2D eigenvalue weighted by Crippen LogP contribution is -2.41. The van der Waals surface area contributed by atoms with Gasteiger partial charge in [-0.1, -0.05) is 18.9 Å². The normalized spacial score (nSPS) is 19.2. The Bertz CT molecular complexity index is 285. The van der Waals surface area contributed by atoms with Crippen LogP contribution in [0.25, 0.3) is 0 Å². The maximum atomic E-state index is 2.46. The predicted molar refractivity (Wildman–Crippen MR) is 58.1 cm³/mol. The average molecular weight is 190 g/mol. The summed E-state index contributed by atoms with van der Waals surface area (Å²) in [6.45, 7) is 2.21. The van der Waals surface area contributed by atoms with Crippen LogP contribution in [0.5, 0.6) is 0 Å². The van der Waals surface area contributed by atoms with E-state index in [0.29, 0.717) is 0 Å². The van der Waals surface area contributed by atoms with Crippen molar-refractivity contribution >= 4 is 0 Å². The van der Waals surface area contributed by atoms with Gasteiger partial charge in [-0.05, 0) is 12.8 Å². The molecular weight excluding hydrogens is 170 g/mol. The van der Waals surface area contributed by atoms with Crippen molar-refractivity contribution in [3.63, 3.8) is 0 Å². The molecule has 0 aliphatic heterocycles. The van der Waals surface area contributed by atoms with Crippen molar-refractivity contribution in [2.24, 2.45) is 0 Å². The van der Waals surface area contributed by atoms with Crippen molar-refractivity contribution in [2.45, 2.75) is 51.5 Å². The Morgan fingerprint density at radius 2 is 1.79 bits per heavy atom. The quantitative estimate of drug-likeness (QED) is 0.473. The van der Waals surface area contributed by atoms with Gasteiger partial charge in [-0.15, -0.1) is 0 Å². The maximum absolute atomic E-state index is 2.46. The average Bonchev–Trinajstić information content (AvgIpc) is 2.47. The van der Waals surface area contributed by atoms with Gasteiger partial charge in [0.1, 0.15) is 0 Å². The first-order valence-electron chi connectivity index (χ1n) is 5.85. The van der Waals surface area contributed by atoms with E-state index in [4.69, 9.17) is 0 Å². The van der Waals surface area contributed by atoms with Crippen LogP contribution in [-0.2, 0) is 0 Å². The Labute approximate surface area is 86.8 Å². The highest BCUT2D eigenvalue weighted by molar-refractivity contribution is 4.94. The molecule has 2 rings (SSSR count). The number of aryl methyl sites for hydroxylation is 1. The molecule has 0 aromatic carbocycles. The van der Waals surface area contributed by atoms with Crippen LogP contribution in [0.15, 0.2) is 24.4 Å². The molecule has 1 nitrogen and oxygen atoms in total. The summed E-state index contributed by atoms with van der Waals surface area (Å²) in [5.41, 5.74) is 1.40. The van der Waals surface area contributed by atoms with Crippen LogP contribution in [-0.4, -0.2) is 0 Å². The monoisotopic (exact) mass is 190 g/mol. The molecule has 0 bridgehead atoms. The summed E-state index contributed by atoms with van der Waals surface area (Å²) >= 11 is 0. The van der Waals surface area contributed by atoms with E-state index < -0.39 is 0 Å². The molecule has 0 radical (unpaired) electrons. The fourth-order valence-corrected chi connectivity index (χ4v) is 2.49. The van der Waals surface area contributed by atoms with E-state index in [1.54, 1.807) is 0 Å². The van der Waals surface area contributed by atoms with Crippen LogP contribution in [0.3, 0.4) is 0 Å². The van der Waals surface area contributed by atoms with Crippen LogP contribution in [0, 0.1) is 6.92 Å². The van der Waals surface area contributed by atoms with E-state index in [1.807, 2.05) is 0 Å². The third kappa shape index (κ3) is 2.14. The zero-order valence-corrected chi connectivity index (χ0v) is 9.08. The molecule has 1 aromatic rings. The van der Waals surface area contributed by atoms with E-state index in [2.05, 4.69) is 35.9 Å². The van der Waals surface area contributed by atoms with Gasteiger partial charge in [0, 0.05) is 31.9 Å². The van der Waals surface area contributed by atoms with Gasteiger partial charge >= 0.3 is 0 Å². The van der Waals surface area contributed by atoms with Gasteiger partial charge in [-0.3, -0.25) is 0 Å². The SMILES string of the molecule is Cc1cccc[n+]1C1CCCCCC1. The number of rotatable bonds is 1. The highest BCUT2D eigenvalue weighted by atomic mass is 15.0. The first-order valence-corrected chi connectivity index (χ1v) is 5.85. The van der Waals surface area contributed by atoms with Crippen molar-refractivity contribution < 1.29 is 4.57 Å². The molecule has 0 unspecified atom stereocenters. The van der Waals surface area contributed by atoms with E-state index in [1.165, 1.54) is 44.2 Å². The summed E-state index contributed by atoms with van der Waals surface area (Å²) in [5.74, 6) is 0. The van der Waals surface area contributed by atoms with Gasteiger partial charge in [-0.2, -0.15) is 0 Å². The predicted octanol–water partition coefficient (Wildman–Crippen LogP) is 3.18. The van der Waals surface area contributed by atoms with Crippen LogP contribution in [0.1, 0.15) is 50.3 Å². The second-order valence-electron chi connectivity index (χ2n) is 4.39. The van der Waals surface area contributed by atoms with Crippen molar-refractivity contribution in [3.8, 4) is 0 Å². The molecule has 0 spiro atoms. The van der Waals surface area contributed by atoms with Gasteiger partial charge in [0.05, 0.1) is 0 Å². The van der Waals surface area contributed by atoms with Crippen LogP contribution >= 0.6 is 0 Å². The third-order valence-corrected chi connectivity index (χ3v) is 3.32. The molecule has 1 fully saturated rings. The molecule has 1 aliphatic carbocycles. The Morgan fingerprint density at radius 1 is 1.07 bits per heavy atom. The highest BCUT2D eigenvalue weighted by Crippen LogP contribution is 2.22. The number of pyridine rings is 1. The standard InChI is InChI=1S/C13H20N/c1-12-8-6-7-11-14(12)13-9-4-2-3-5-10-13/h6-8,11,13H,2-5,9-10H2,1H3/q+1. The third-order valence-electron chi connectivity index (χ3n) is 3.32. The van der Waals surface area contributed by atoms with Gasteiger partial charge < -0.3 is 0 Å². The summed E-state index contributed by atoms with van der Waals surface area (Å²) in [4.78, 5) is 0. The van der Waals surface area contributed by atoms with Crippen molar-refractivity contribution in [2.75, 3.05) is 0 Å². The minimum atomic E-state index is 0.763. The van der Waals surface area contributed by atoms with E-state index in [-0.39, 0.29) is 0 Å². The van der Waals surface area contributed by atoms with E-state index in [9.17, 15) is 0 Å². The molecule has 0 saturated heterocycles. The smallest absolute Gasteiger partial charge is 0.178 e. The molecule has 1 aromatic heterocycles. The number of nitrogens with zero attached hydrogens (tertiary/aromatic N) is 1. The van der Waals surface area contributed by atoms with Crippen LogP contribution in [0.4, 0.5) is 0 Å². The molecule has 0 atom stereocenters. The van der Waals surface area contributed by atoms with Gasteiger partial charge in [0.15, 0.2) is 17.9 Å². The first-order chi connectivity index (χ1) is 6.88. The zero-order chi connectivity index (χ0) is 9.80. The van der Waals surface area contributed by atoms with E-state index in [0.717, 1.165) is 6.04 Å². The molecule has 1 heterocycles. The summed E-state index contributed by atoms with van der Waals surface area (Å²) in [6, 6.07) is 7.25. The van der Waals surface area contributed by atoms with Gasteiger partial charge in [-0.25, -0.2) is 4.57 Å². The molecule has 76 valence electrons. The van der Waals surface area contributed by atoms with Crippen molar-refractivity contribution in [1.29, 1.82) is 0 Å². The summed E-state index contributed by atoms with van der Waals surface area (Å²) in [6.07, 6.45) is 10.7. The minimum Gasteiger partial charge on any atom is -0.200 e. The van der Waals surface area contributed by atoms with Crippen molar-refractivity contribution in [1.82, 2.24) is 0 Å². The summed E-state index contributed by atoms with van der Waals surface area (Å²) in [7, 11) is 0. The largest absolute Gasteiger partial charge is 0.200 e. The maximum Gasteiger partial charge on any atom is 0.178 e. The minimum absolute atomic E-state index is 0.763. The fraction of sp³-hybridized carbons (Fsp3) is 0.615. The Morgan fingerprint density at radius 3 is 2.43 bits per heavy atom. The molecule has 1 aliphatic rings. The number of hydrogen-bond donors (Lipinski definition) is 0. The Kier molecular flexibility index (Phi) is 3.18. The van der Waals surface area contributed by atoms with Gasteiger partial charge in [0.2, 0.25) is 0 Å². The lowest BCUT2D eigenvalue weighted by molar-refractivity contribution is -0.729. The Hall–Kier alpha value is -0.850.